The van der Waals surface area contributed by atoms with Gasteiger partial charge < -0.3 is 14.2 Å². The second-order valence-electron chi connectivity index (χ2n) is 4.95. The molecule has 0 saturated heterocycles. The Morgan fingerprint density at radius 1 is 1.24 bits per heavy atom. The molecule has 128 valence electrons. The van der Waals surface area contributed by atoms with Crippen molar-refractivity contribution >= 4 is 17.8 Å². The highest BCUT2D eigenvalue weighted by Gasteiger charge is 2.12. The van der Waals surface area contributed by atoms with Crippen molar-refractivity contribution < 1.29 is 23.9 Å². The van der Waals surface area contributed by atoms with Crippen LogP contribution in [0.2, 0.25) is 0 Å². The molecule has 0 radical (unpaired) electrons. The smallest absolute Gasteiger partial charge is 0.277 e. The zero-order chi connectivity index (χ0) is 17.6. The molecule has 2 aromatic rings. The maximum absolute atomic E-state index is 11.7. The first kappa shape index (κ1) is 16.2. The number of nitro benzene ring substituents is 1. The molecule has 0 aromatic heterocycles. The molecule has 0 bridgehead atoms. The van der Waals surface area contributed by atoms with Crippen LogP contribution in [-0.4, -0.2) is 30.4 Å². The molecule has 9 nitrogen and oxygen atoms in total. The Bertz CT molecular complexity index is 819. The van der Waals surface area contributed by atoms with E-state index in [1.807, 2.05) is 0 Å². The maximum atomic E-state index is 11.7. The SMILES string of the molecule is O=C(COc1ccc([N+](=O)[O-])cc1)NN=Cc1ccc2c(c1)OCO2. The largest absolute Gasteiger partial charge is 0.484 e. The summed E-state index contributed by atoms with van der Waals surface area (Å²) >= 11 is 0. The van der Waals surface area contributed by atoms with Gasteiger partial charge in [-0.25, -0.2) is 5.43 Å². The summed E-state index contributed by atoms with van der Waals surface area (Å²) in [5.41, 5.74) is 3.01. The number of hydrazone groups is 1. The van der Waals surface area contributed by atoms with Crippen molar-refractivity contribution in [3.8, 4) is 17.2 Å². The topological polar surface area (TPSA) is 112 Å². The third-order valence-electron chi connectivity index (χ3n) is 3.22. The van der Waals surface area contributed by atoms with Crippen molar-refractivity contribution in [2.75, 3.05) is 13.4 Å². The summed E-state index contributed by atoms with van der Waals surface area (Å²) in [6.07, 6.45) is 1.46. The Hall–Kier alpha value is -3.62. The molecule has 3 rings (SSSR count). The lowest BCUT2D eigenvalue weighted by molar-refractivity contribution is -0.384. The molecule has 1 N–H and O–H groups in total. The monoisotopic (exact) mass is 343 g/mol. The van der Waals surface area contributed by atoms with Crippen molar-refractivity contribution in [1.82, 2.24) is 5.43 Å². The van der Waals surface area contributed by atoms with Crippen LogP contribution in [0.5, 0.6) is 17.2 Å². The van der Waals surface area contributed by atoms with Crippen molar-refractivity contribution in [1.29, 1.82) is 0 Å². The van der Waals surface area contributed by atoms with Gasteiger partial charge in [0, 0.05) is 12.1 Å². The highest BCUT2D eigenvalue weighted by atomic mass is 16.7. The fraction of sp³-hybridized carbons (Fsp3) is 0.125. The number of non-ortho nitro benzene ring substituents is 1. The Labute approximate surface area is 142 Å². The van der Waals surface area contributed by atoms with E-state index in [-0.39, 0.29) is 19.1 Å². The number of ether oxygens (including phenoxy) is 3. The van der Waals surface area contributed by atoms with Gasteiger partial charge in [-0.15, -0.1) is 0 Å². The van der Waals surface area contributed by atoms with E-state index >= 15 is 0 Å². The van der Waals surface area contributed by atoms with Gasteiger partial charge in [-0.1, -0.05) is 0 Å². The van der Waals surface area contributed by atoms with Crippen LogP contribution >= 0.6 is 0 Å². The third-order valence-corrected chi connectivity index (χ3v) is 3.22. The number of hydrogen-bond acceptors (Lipinski definition) is 7. The summed E-state index contributed by atoms with van der Waals surface area (Å²) in [4.78, 5) is 21.7. The molecule has 0 fully saturated rings. The van der Waals surface area contributed by atoms with Gasteiger partial charge in [0.1, 0.15) is 5.75 Å². The number of rotatable bonds is 6. The van der Waals surface area contributed by atoms with Gasteiger partial charge in [0.2, 0.25) is 6.79 Å². The predicted molar refractivity (Wildman–Crippen MR) is 86.9 cm³/mol. The van der Waals surface area contributed by atoms with Gasteiger partial charge in [-0.3, -0.25) is 14.9 Å². The van der Waals surface area contributed by atoms with Gasteiger partial charge >= 0.3 is 0 Å². The van der Waals surface area contributed by atoms with E-state index in [2.05, 4.69) is 10.5 Å². The van der Waals surface area contributed by atoms with Gasteiger partial charge in [-0.2, -0.15) is 5.10 Å². The maximum Gasteiger partial charge on any atom is 0.277 e. The zero-order valence-electron chi connectivity index (χ0n) is 12.9. The average molecular weight is 343 g/mol. The summed E-state index contributed by atoms with van der Waals surface area (Å²) < 4.78 is 15.7. The van der Waals surface area contributed by atoms with Crippen molar-refractivity contribution in [2.24, 2.45) is 5.10 Å². The first-order valence-electron chi connectivity index (χ1n) is 7.20. The van der Waals surface area contributed by atoms with Gasteiger partial charge in [-0.05, 0) is 35.9 Å². The van der Waals surface area contributed by atoms with Crippen LogP contribution in [0.1, 0.15) is 5.56 Å². The minimum Gasteiger partial charge on any atom is -0.484 e. The average Bonchev–Trinajstić information content (AvgIpc) is 3.08. The molecule has 0 unspecified atom stereocenters. The molecule has 9 heteroatoms. The minimum absolute atomic E-state index is 0.0508. The Balaban J connectivity index is 1.47. The standard InChI is InChI=1S/C16H13N3O6/c20-16(9-23-13-4-2-12(3-5-13)19(21)22)18-17-8-11-1-6-14-15(7-11)25-10-24-14/h1-8H,9-10H2,(H,18,20). The second kappa shape index (κ2) is 7.30. The molecular formula is C16H13N3O6. The van der Waals surface area contributed by atoms with Crippen LogP contribution in [0.15, 0.2) is 47.6 Å². The summed E-state index contributed by atoms with van der Waals surface area (Å²) in [6.45, 7) is -0.0804. The number of carbonyl (C=O) groups is 1. The molecule has 0 saturated carbocycles. The van der Waals surface area contributed by atoms with E-state index in [1.54, 1.807) is 18.2 Å². The Morgan fingerprint density at radius 2 is 2.00 bits per heavy atom. The number of nitrogens with one attached hydrogen (secondary N) is 1. The van der Waals surface area contributed by atoms with E-state index in [4.69, 9.17) is 14.2 Å². The molecule has 2 aromatic carbocycles. The van der Waals surface area contributed by atoms with Gasteiger partial charge in [0.25, 0.3) is 11.6 Å². The molecule has 0 spiro atoms. The molecular weight excluding hydrogens is 330 g/mol. The van der Waals surface area contributed by atoms with Crippen molar-refractivity contribution in [3.05, 3.63) is 58.1 Å². The van der Waals surface area contributed by atoms with Crippen LogP contribution < -0.4 is 19.6 Å². The van der Waals surface area contributed by atoms with E-state index in [1.165, 1.54) is 30.5 Å². The van der Waals surface area contributed by atoms with Gasteiger partial charge in [0.05, 0.1) is 11.1 Å². The van der Waals surface area contributed by atoms with Crippen LogP contribution in [-0.2, 0) is 4.79 Å². The first-order chi connectivity index (χ1) is 12.1. The van der Waals surface area contributed by atoms with Crippen molar-refractivity contribution in [3.63, 3.8) is 0 Å². The van der Waals surface area contributed by atoms with E-state index in [0.29, 0.717) is 17.2 Å². The quantitative estimate of drug-likeness (QED) is 0.487. The molecule has 1 aliphatic heterocycles. The van der Waals surface area contributed by atoms with Crippen LogP contribution in [0, 0.1) is 10.1 Å². The number of benzene rings is 2. The number of nitro groups is 1. The van der Waals surface area contributed by atoms with Crippen LogP contribution in [0.3, 0.4) is 0 Å². The lowest BCUT2D eigenvalue weighted by Crippen LogP contribution is -2.24. The lowest BCUT2D eigenvalue weighted by atomic mass is 10.2. The number of amides is 1. The minimum atomic E-state index is -0.513. The number of fused-ring (bicyclic) bond motifs is 1. The fourth-order valence-electron chi connectivity index (χ4n) is 2.02. The molecule has 1 amide bonds. The molecule has 1 heterocycles. The van der Waals surface area contributed by atoms with Crippen LogP contribution in [0.25, 0.3) is 0 Å². The number of carbonyl (C=O) groups excluding carboxylic acids is 1. The molecule has 25 heavy (non-hydrogen) atoms. The number of hydrogen-bond donors (Lipinski definition) is 1. The highest BCUT2D eigenvalue weighted by Crippen LogP contribution is 2.31. The summed E-state index contributed by atoms with van der Waals surface area (Å²) in [6, 6.07) is 10.7. The first-order valence-corrected chi connectivity index (χ1v) is 7.20. The Morgan fingerprint density at radius 3 is 2.76 bits per heavy atom. The fourth-order valence-corrected chi connectivity index (χ4v) is 2.02. The van der Waals surface area contributed by atoms with Gasteiger partial charge in [0.15, 0.2) is 18.1 Å². The summed E-state index contributed by atoms with van der Waals surface area (Å²) in [5.74, 6) is 1.17. The zero-order valence-corrected chi connectivity index (χ0v) is 12.9. The van der Waals surface area contributed by atoms with Crippen LogP contribution in [0.4, 0.5) is 5.69 Å². The van der Waals surface area contributed by atoms with E-state index < -0.39 is 10.8 Å². The molecule has 0 aliphatic carbocycles. The summed E-state index contributed by atoms with van der Waals surface area (Å²) in [5, 5.41) is 14.4. The van der Waals surface area contributed by atoms with E-state index in [9.17, 15) is 14.9 Å². The van der Waals surface area contributed by atoms with Crippen molar-refractivity contribution in [2.45, 2.75) is 0 Å². The molecule has 1 aliphatic rings. The number of nitrogens with zero attached hydrogens (tertiary/aromatic N) is 2. The third kappa shape index (κ3) is 4.22. The van der Waals surface area contributed by atoms with E-state index in [0.717, 1.165) is 5.56 Å². The second-order valence-corrected chi connectivity index (χ2v) is 4.95. The predicted octanol–water partition coefficient (Wildman–Crippen LogP) is 1.85. The lowest BCUT2D eigenvalue weighted by Gasteiger charge is -2.04. The normalized spacial score (nSPS) is 12.2. The Kier molecular flexibility index (Phi) is 4.74. The highest BCUT2D eigenvalue weighted by molar-refractivity contribution is 5.83. The molecule has 0 atom stereocenters. The summed E-state index contributed by atoms with van der Waals surface area (Å²) in [7, 11) is 0.